The first kappa shape index (κ1) is 12.9. The molecule has 0 bridgehead atoms. The smallest absolute Gasteiger partial charge is 0.0992 e. The summed E-state index contributed by atoms with van der Waals surface area (Å²) in [7, 11) is 1.91. The molecule has 2 rings (SSSR count). The van der Waals surface area contributed by atoms with Crippen LogP contribution >= 0.6 is 34.5 Å². The summed E-state index contributed by atoms with van der Waals surface area (Å²) in [4.78, 5) is 0. The Kier molecular flexibility index (Phi) is 3.78. The average molecular weight is 290 g/mol. The fourth-order valence-electron chi connectivity index (χ4n) is 1.80. The van der Waals surface area contributed by atoms with Crippen LogP contribution in [0.4, 0.5) is 0 Å². The molecule has 0 amide bonds. The lowest BCUT2D eigenvalue weighted by molar-refractivity contribution is 0.641. The second kappa shape index (κ2) is 4.98. The van der Waals surface area contributed by atoms with E-state index in [1.165, 1.54) is 11.3 Å². The average Bonchev–Trinajstić information content (AvgIpc) is 2.70. The molecule has 0 spiro atoms. The van der Waals surface area contributed by atoms with E-state index < -0.39 is 0 Å². The van der Waals surface area contributed by atoms with Crippen LogP contribution in [0.25, 0.3) is 0 Å². The Morgan fingerprint density at radius 3 is 2.65 bits per heavy atom. The van der Waals surface area contributed by atoms with E-state index in [1.54, 1.807) is 0 Å². The highest BCUT2D eigenvalue weighted by Gasteiger charge is 2.16. The van der Waals surface area contributed by atoms with Crippen LogP contribution < -0.4 is 5.73 Å². The minimum atomic E-state index is -0.152. The van der Waals surface area contributed by atoms with Gasteiger partial charge in [0.15, 0.2) is 0 Å². The molecule has 0 radical (unpaired) electrons. The molecule has 3 nitrogen and oxygen atoms in total. The maximum Gasteiger partial charge on any atom is 0.0992 e. The predicted molar refractivity (Wildman–Crippen MR) is 72.9 cm³/mol. The van der Waals surface area contributed by atoms with Crippen molar-refractivity contribution >= 4 is 34.5 Å². The Morgan fingerprint density at radius 1 is 1.47 bits per heavy atom. The van der Waals surface area contributed by atoms with Crippen LogP contribution in [0.5, 0.6) is 0 Å². The lowest BCUT2D eigenvalue weighted by atomic mass is 10.1. The van der Waals surface area contributed by atoms with Crippen molar-refractivity contribution in [1.29, 1.82) is 0 Å². The van der Waals surface area contributed by atoms with E-state index in [4.69, 9.17) is 28.9 Å². The van der Waals surface area contributed by atoms with Gasteiger partial charge in [-0.2, -0.15) is 5.10 Å². The third kappa shape index (κ3) is 2.83. The fourth-order valence-corrected chi connectivity index (χ4v) is 3.39. The molecule has 17 heavy (non-hydrogen) atoms. The first-order chi connectivity index (χ1) is 7.97. The number of halogens is 2. The van der Waals surface area contributed by atoms with E-state index in [1.807, 2.05) is 30.8 Å². The number of nitrogens with zero attached hydrogens (tertiary/aromatic N) is 2. The standard InChI is InChI=1S/C11H13Cl2N3S/c1-6-3-7(16(2)15-6)4-9(14)8-5-10(12)17-11(8)13/h3,5,9H,4,14H2,1-2H3. The van der Waals surface area contributed by atoms with Crippen LogP contribution in [0.2, 0.25) is 8.67 Å². The summed E-state index contributed by atoms with van der Waals surface area (Å²) in [5.74, 6) is 0. The summed E-state index contributed by atoms with van der Waals surface area (Å²) in [5, 5.41) is 4.29. The molecule has 2 aromatic rings. The van der Waals surface area contributed by atoms with E-state index in [2.05, 4.69) is 5.10 Å². The number of thiophene rings is 1. The van der Waals surface area contributed by atoms with Gasteiger partial charge in [-0.1, -0.05) is 23.2 Å². The highest BCUT2D eigenvalue weighted by molar-refractivity contribution is 7.20. The Morgan fingerprint density at radius 2 is 2.18 bits per heavy atom. The van der Waals surface area contributed by atoms with Gasteiger partial charge in [0.05, 0.1) is 14.4 Å². The van der Waals surface area contributed by atoms with Crippen molar-refractivity contribution in [3.63, 3.8) is 0 Å². The summed E-state index contributed by atoms with van der Waals surface area (Å²) < 4.78 is 3.18. The molecule has 0 aliphatic rings. The number of rotatable bonds is 3. The molecule has 2 heterocycles. The Balaban J connectivity index is 2.19. The fraction of sp³-hybridized carbons (Fsp3) is 0.364. The van der Waals surface area contributed by atoms with E-state index >= 15 is 0 Å². The van der Waals surface area contributed by atoms with Crippen molar-refractivity contribution in [3.05, 3.63) is 37.8 Å². The van der Waals surface area contributed by atoms with Gasteiger partial charge in [0.1, 0.15) is 0 Å². The second-order valence-electron chi connectivity index (χ2n) is 3.99. The summed E-state index contributed by atoms with van der Waals surface area (Å²) in [6, 6.07) is 3.71. The van der Waals surface area contributed by atoms with Gasteiger partial charge in [-0.05, 0) is 19.1 Å². The normalized spacial score (nSPS) is 13.0. The second-order valence-corrected chi connectivity index (χ2v) is 6.28. The first-order valence-corrected chi connectivity index (χ1v) is 6.74. The van der Waals surface area contributed by atoms with Gasteiger partial charge in [-0.3, -0.25) is 4.68 Å². The summed E-state index contributed by atoms with van der Waals surface area (Å²) in [5.41, 5.74) is 9.13. The first-order valence-electron chi connectivity index (χ1n) is 5.17. The molecule has 1 atom stereocenters. The molecular weight excluding hydrogens is 277 g/mol. The lowest BCUT2D eigenvalue weighted by Gasteiger charge is -2.10. The van der Waals surface area contributed by atoms with Gasteiger partial charge in [-0.15, -0.1) is 11.3 Å². The maximum atomic E-state index is 6.14. The molecular formula is C11H13Cl2N3S. The zero-order valence-electron chi connectivity index (χ0n) is 9.58. The van der Waals surface area contributed by atoms with Crippen LogP contribution in [0, 0.1) is 6.92 Å². The van der Waals surface area contributed by atoms with Crippen LogP contribution in [0.15, 0.2) is 12.1 Å². The Bertz CT molecular complexity index is 533. The quantitative estimate of drug-likeness (QED) is 0.942. The van der Waals surface area contributed by atoms with Crippen LogP contribution in [0.1, 0.15) is 23.0 Å². The molecule has 2 aromatic heterocycles. The van der Waals surface area contributed by atoms with Crippen molar-refractivity contribution in [3.8, 4) is 0 Å². The van der Waals surface area contributed by atoms with Gasteiger partial charge in [0.25, 0.3) is 0 Å². The monoisotopic (exact) mass is 289 g/mol. The summed E-state index contributed by atoms with van der Waals surface area (Å²) in [6.07, 6.45) is 0.699. The molecule has 0 saturated heterocycles. The van der Waals surface area contributed by atoms with Crippen molar-refractivity contribution in [1.82, 2.24) is 9.78 Å². The molecule has 0 aliphatic carbocycles. The topological polar surface area (TPSA) is 43.8 Å². The number of nitrogens with two attached hydrogens (primary N) is 1. The van der Waals surface area contributed by atoms with E-state index in [0.717, 1.165) is 17.0 Å². The van der Waals surface area contributed by atoms with Gasteiger partial charge < -0.3 is 5.73 Å². The number of hydrogen-bond donors (Lipinski definition) is 1. The third-order valence-electron chi connectivity index (χ3n) is 2.61. The van der Waals surface area contributed by atoms with Gasteiger partial charge >= 0.3 is 0 Å². The van der Waals surface area contributed by atoms with Gasteiger partial charge in [0.2, 0.25) is 0 Å². The molecule has 0 aliphatic heterocycles. The van der Waals surface area contributed by atoms with E-state index in [9.17, 15) is 0 Å². The minimum absolute atomic E-state index is 0.152. The van der Waals surface area contributed by atoms with Crippen molar-refractivity contribution in [2.75, 3.05) is 0 Å². The molecule has 92 valence electrons. The van der Waals surface area contributed by atoms with Crippen LogP contribution in [-0.4, -0.2) is 9.78 Å². The number of aryl methyl sites for hydroxylation is 2. The van der Waals surface area contributed by atoms with Gasteiger partial charge in [0, 0.05) is 30.8 Å². The third-order valence-corrected chi connectivity index (χ3v) is 4.13. The number of aromatic nitrogens is 2. The highest BCUT2D eigenvalue weighted by atomic mass is 35.5. The molecule has 0 fully saturated rings. The summed E-state index contributed by atoms with van der Waals surface area (Å²) in [6.45, 7) is 1.96. The zero-order valence-corrected chi connectivity index (χ0v) is 11.9. The highest BCUT2D eigenvalue weighted by Crippen LogP contribution is 2.35. The zero-order chi connectivity index (χ0) is 12.6. The number of hydrogen-bond acceptors (Lipinski definition) is 3. The molecule has 6 heteroatoms. The lowest BCUT2D eigenvalue weighted by Crippen LogP contribution is -2.15. The Hall–Kier alpha value is -0.550. The molecule has 1 unspecified atom stereocenters. The Labute approximate surface area is 114 Å². The minimum Gasteiger partial charge on any atom is -0.324 e. The predicted octanol–water partition coefficient (Wildman–Crippen LogP) is 3.34. The SMILES string of the molecule is Cc1cc(CC(N)c2cc(Cl)sc2Cl)n(C)n1. The van der Waals surface area contributed by atoms with E-state index in [0.29, 0.717) is 15.1 Å². The molecule has 0 aromatic carbocycles. The molecule has 2 N–H and O–H groups in total. The molecule has 0 saturated carbocycles. The van der Waals surface area contributed by atoms with Crippen molar-refractivity contribution < 1.29 is 0 Å². The van der Waals surface area contributed by atoms with Crippen LogP contribution in [-0.2, 0) is 13.5 Å². The summed E-state index contributed by atoms with van der Waals surface area (Å²) >= 11 is 13.3. The van der Waals surface area contributed by atoms with Crippen LogP contribution in [0.3, 0.4) is 0 Å². The van der Waals surface area contributed by atoms with Crippen molar-refractivity contribution in [2.24, 2.45) is 12.8 Å². The maximum absolute atomic E-state index is 6.14. The largest absolute Gasteiger partial charge is 0.324 e. The van der Waals surface area contributed by atoms with Gasteiger partial charge in [-0.25, -0.2) is 0 Å². The van der Waals surface area contributed by atoms with Crippen molar-refractivity contribution in [2.45, 2.75) is 19.4 Å². The van der Waals surface area contributed by atoms with E-state index in [-0.39, 0.29) is 6.04 Å².